The Labute approximate surface area is 248 Å². The summed E-state index contributed by atoms with van der Waals surface area (Å²) in [5, 5.41) is 30.4. The molecule has 0 radical (unpaired) electrons. The first-order chi connectivity index (χ1) is 20.7. The summed E-state index contributed by atoms with van der Waals surface area (Å²) in [5.74, 6) is 2.10. The monoisotopic (exact) mass is 580 g/mol. The molecule has 11 nitrogen and oxygen atoms in total. The van der Waals surface area contributed by atoms with E-state index in [0.29, 0.717) is 36.7 Å². The van der Waals surface area contributed by atoms with E-state index in [4.69, 9.17) is 14.2 Å². The lowest BCUT2D eigenvalue weighted by Gasteiger charge is -2.48. The van der Waals surface area contributed by atoms with Crippen molar-refractivity contribution in [2.24, 2.45) is 0 Å². The topological polar surface area (TPSA) is 137 Å². The third-order valence-electron chi connectivity index (χ3n) is 7.85. The van der Waals surface area contributed by atoms with Crippen LogP contribution in [0.5, 0.6) is 17.4 Å². The highest BCUT2D eigenvalue weighted by atomic mass is 16.6. The number of fused-ring (bicyclic) bond motifs is 1. The summed E-state index contributed by atoms with van der Waals surface area (Å²) < 4.78 is 20.0. The highest BCUT2D eigenvalue weighted by molar-refractivity contribution is 5.60. The summed E-state index contributed by atoms with van der Waals surface area (Å²) in [7, 11) is 0. The average molecular weight is 581 g/mol. The van der Waals surface area contributed by atoms with Gasteiger partial charge in [0, 0.05) is 29.8 Å². The van der Waals surface area contributed by atoms with Gasteiger partial charge in [0.05, 0.1) is 0 Å². The van der Waals surface area contributed by atoms with E-state index in [1.165, 1.54) is 12.1 Å². The van der Waals surface area contributed by atoms with Crippen molar-refractivity contribution in [1.82, 2.24) is 30.4 Å². The third-order valence-corrected chi connectivity index (χ3v) is 7.85. The predicted octanol–water partition coefficient (Wildman–Crippen LogP) is 4.29. The normalized spacial score (nSPS) is 18.8. The maximum atomic E-state index is 11.6. The fraction of sp³-hybridized carbons (Fsp3) is 0.281. The van der Waals surface area contributed by atoms with Crippen LogP contribution in [0.3, 0.4) is 0 Å². The van der Waals surface area contributed by atoms with E-state index in [1.54, 1.807) is 25.5 Å². The number of benzene rings is 3. The van der Waals surface area contributed by atoms with Crippen molar-refractivity contribution < 1.29 is 19.3 Å². The molecule has 2 atom stereocenters. The molecule has 0 amide bonds. The van der Waals surface area contributed by atoms with Gasteiger partial charge in [0.15, 0.2) is 11.9 Å². The van der Waals surface area contributed by atoms with Gasteiger partial charge in [0.2, 0.25) is 5.88 Å². The number of hydrogen-bond donors (Lipinski definition) is 2. The molecule has 2 N–H and O–H groups in total. The van der Waals surface area contributed by atoms with E-state index in [2.05, 4.69) is 25.7 Å². The number of nitrogens with zero attached hydrogens (tertiary/aromatic N) is 5. The number of aliphatic hydroxyl groups is 1. The van der Waals surface area contributed by atoms with Gasteiger partial charge in [-0.3, -0.25) is 4.79 Å². The van der Waals surface area contributed by atoms with Crippen LogP contribution < -0.4 is 19.8 Å². The van der Waals surface area contributed by atoms with Crippen LogP contribution in [0.1, 0.15) is 43.6 Å². The van der Waals surface area contributed by atoms with Gasteiger partial charge < -0.3 is 19.3 Å². The Morgan fingerprint density at radius 3 is 2.51 bits per heavy atom. The second kappa shape index (κ2) is 11.3. The molecule has 3 heterocycles. The number of tetrazole rings is 1. The largest absolute Gasteiger partial charge is 0.489 e. The van der Waals surface area contributed by atoms with Crippen LogP contribution in [0.15, 0.2) is 89.7 Å². The lowest BCUT2D eigenvalue weighted by molar-refractivity contribution is -0.175. The SMILES string of the molecule is CC1(C)Oc2ccc(-c3nnnn3CCc3ccc(OCc4ccccc4)cc3)cc2C(Oc2ccc(=O)[nH]n2)[C@]1(C)O. The molecule has 0 saturated heterocycles. The molecular weight excluding hydrogens is 548 g/mol. The zero-order valence-electron chi connectivity index (χ0n) is 24.1. The van der Waals surface area contributed by atoms with E-state index in [9.17, 15) is 9.90 Å². The van der Waals surface area contributed by atoms with E-state index >= 15 is 0 Å². The average Bonchev–Trinajstić information content (AvgIpc) is 3.48. The minimum atomic E-state index is -1.46. The Morgan fingerprint density at radius 2 is 1.77 bits per heavy atom. The van der Waals surface area contributed by atoms with Crippen LogP contribution in [0.4, 0.5) is 0 Å². The van der Waals surface area contributed by atoms with Gasteiger partial charge >= 0.3 is 0 Å². The number of aryl methyl sites for hydroxylation is 2. The van der Waals surface area contributed by atoms with Gasteiger partial charge in [-0.25, -0.2) is 9.78 Å². The molecule has 0 aliphatic carbocycles. The summed E-state index contributed by atoms with van der Waals surface area (Å²) in [6.07, 6.45) is -0.158. The Balaban J connectivity index is 1.20. The van der Waals surface area contributed by atoms with Gasteiger partial charge in [-0.05, 0) is 79.1 Å². The molecule has 0 spiro atoms. The first kappa shape index (κ1) is 28.1. The second-order valence-electron chi connectivity index (χ2n) is 11.2. The molecule has 1 aliphatic heterocycles. The summed E-state index contributed by atoms with van der Waals surface area (Å²) in [4.78, 5) is 11.5. The van der Waals surface area contributed by atoms with Crippen molar-refractivity contribution in [3.63, 3.8) is 0 Å². The molecule has 0 saturated carbocycles. The highest BCUT2D eigenvalue weighted by Gasteiger charge is 2.54. The van der Waals surface area contributed by atoms with E-state index < -0.39 is 17.3 Å². The van der Waals surface area contributed by atoms with Crippen molar-refractivity contribution in [3.8, 4) is 28.8 Å². The maximum Gasteiger partial charge on any atom is 0.264 e. The maximum absolute atomic E-state index is 11.6. The molecule has 3 aromatic carbocycles. The van der Waals surface area contributed by atoms with Crippen LogP contribution in [0.2, 0.25) is 0 Å². The smallest absolute Gasteiger partial charge is 0.264 e. The van der Waals surface area contributed by atoms with Crippen molar-refractivity contribution >= 4 is 0 Å². The molecule has 6 rings (SSSR count). The van der Waals surface area contributed by atoms with Crippen LogP contribution in [-0.4, -0.2) is 46.7 Å². The van der Waals surface area contributed by atoms with Crippen LogP contribution in [0.25, 0.3) is 11.4 Å². The fourth-order valence-corrected chi connectivity index (χ4v) is 4.97. The minimum Gasteiger partial charge on any atom is -0.489 e. The molecule has 43 heavy (non-hydrogen) atoms. The number of hydrogen-bond acceptors (Lipinski definition) is 9. The molecule has 220 valence electrons. The molecular formula is C32H32N6O5. The lowest BCUT2D eigenvalue weighted by atomic mass is 9.76. The number of rotatable bonds is 9. The van der Waals surface area contributed by atoms with Crippen LogP contribution in [0, 0.1) is 0 Å². The zero-order chi connectivity index (χ0) is 30.0. The molecule has 2 aromatic heterocycles. The zero-order valence-corrected chi connectivity index (χ0v) is 24.1. The van der Waals surface area contributed by atoms with Crippen molar-refractivity contribution in [1.29, 1.82) is 0 Å². The van der Waals surface area contributed by atoms with Crippen molar-refractivity contribution in [2.45, 2.75) is 57.6 Å². The Bertz CT molecular complexity index is 1750. The van der Waals surface area contributed by atoms with Crippen molar-refractivity contribution in [3.05, 3.63) is 112 Å². The van der Waals surface area contributed by atoms with Gasteiger partial charge in [-0.2, -0.15) is 0 Å². The number of ether oxygens (including phenoxy) is 3. The second-order valence-corrected chi connectivity index (χ2v) is 11.2. The third kappa shape index (κ3) is 5.84. The predicted molar refractivity (Wildman–Crippen MR) is 158 cm³/mol. The van der Waals surface area contributed by atoms with Gasteiger partial charge in [0.25, 0.3) is 5.56 Å². The number of aromatic amines is 1. The molecule has 5 aromatic rings. The summed E-state index contributed by atoms with van der Waals surface area (Å²) in [5.41, 5.74) is 0.772. The Hall–Kier alpha value is -5.03. The molecule has 0 fully saturated rings. The summed E-state index contributed by atoms with van der Waals surface area (Å²) in [6.45, 7) is 6.30. The fourth-order valence-electron chi connectivity index (χ4n) is 4.97. The Kier molecular flexibility index (Phi) is 7.41. The standard InChI is InChI=1S/C32H32N6O5/c1-31(2)32(3,40)29(42-28-16-15-27(39)33-34-28)25-19-23(11-14-26(25)43-31)30-35-36-37-38(30)18-17-21-9-12-24(13-10-21)41-20-22-7-5-4-6-8-22/h4-16,19,29,40H,17-18,20H2,1-3H3,(H,33,39)/t29?,32-/m0/s1. The summed E-state index contributed by atoms with van der Waals surface area (Å²) in [6, 6.07) is 26.4. The van der Waals surface area contributed by atoms with E-state index in [1.807, 2.05) is 72.8 Å². The van der Waals surface area contributed by atoms with Gasteiger partial charge in [-0.15, -0.1) is 10.2 Å². The molecule has 0 bridgehead atoms. The minimum absolute atomic E-state index is 0.167. The highest BCUT2D eigenvalue weighted by Crippen LogP contribution is 2.48. The quantitative estimate of drug-likeness (QED) is 0.262. The lowest BCUT2D eigenvalue weighted by Crippen LogP contribution is -2.59. The van der Waals surface area contributed by atoms with Gasteiger partial charge in [-0.1, -0.05) is 42.5 Å². The number of H-pyrrole nitrogens is 1. The van der Waals surface area contributed by atoms with E-state index in [-0.39, 0.29) is 11.4 Å². The van der Waals surface area contributed by atoms with Gasteiger partial charge in [0.1, 0.15) is 29.3 Å². The number of aromatic nitrogens is 6. The Morgan fingerprint density at radius 1 is 0.977 bits per heavy atom. The van der Waals surface area contributed by atoms with Crippen molar-refractivity contribution in [2.75, 3.05) is 0 Å². The molecule has 11 heteroatoms. The van der Waals surface area contributed by atoms with Crippen LogP contribution in [-0.2, 0) is 19.6 Å². The first-order valence-electron chi connectivity index (χ1n) is 14.0. The van der Waals surface area contributed by atoms with E-state index in [0.717, 1.165) is 22.4 Å². The van der Waals surface area contributed by atoms with Crippen LogP contribution >= 0.6 is 0 Å². The summed E-state index contributed by atoms with van der Waals surface area (Å²) >= 11 is 0. The molecule has 1 unspecified atom stereocenters. The first-order valence-corrected chi connectivity index (χ1v) is 14.0. The molecule has 1 aliphatic rings. The number of nitrogens with one attached hydrogen (secondary N) is 1.